The predicted octanol–water partition coefficient (Wildman–Crippen LogP) is 17.4. The van der Waals surface area contributed by atoms with Crippen molar-refractivity contribution < 1.29 is 0 Å². The second-order valence-electron chi connectivity index (χ2n) is 19.3. The van der Waals surface area contributed by atoms with E-state index in [0.29, 0.717) is 5.82 Å². The van der Waals surface area contributed by atoms with Crippen LogP contribution >= 0.6 is 0 Å². The maximum absolute atomic E-state index is 5.12. The quantitative estimate of drug-likeness (QED) is 0.160. The molecule has 0 bridgehead atoms. The zero-order valence-electron chi connectivity index (χ0n) is 40.2. The smallest absolute Gasteiger partial charge is 0.160 e. The summed E-state index contributed by atoms with van der Waals surface area (Å²) in [6.45, 7) is 6.55. The Labute approximate surface area is 417 Å². The molecule has 72 heavy (non-hydrogen) atoms. The van der Waals surface area contributed by atoms with Crippen LogP contribution in [0, 0.1) is 20.8 Å². The first-order chi connectivity index (χ1) is 35.4. The van der Waals surface area contributed by atoms with Crippen LogP contribution in [0.5, 0.6) is 0 Å². The number of hydrogen-bond donors (Lipinski definition) is 0. The number of fused-ring (bicyclic) bond motifs is 9. The van der Waals surface area contributed by atoms with Gasteiger partial charge < -0.3 is 13.7 Å². The molecule has 14 rings (SSSR count). The van der Waals surface area contributed by atoms with Crippen molar-refractivity contribution in [2.45, 2.75) is 20.8 Å². The first kappa shape index (κ1) is 41.6. The average Bonchev–Trinajstić information content (AvgIpc) is 4.06. The number of hydrogen-bond acceptors (Lipinski definition) is 2. The molecule has 4 aromatic heterocycles. The molecular formula is C67H47N5. The molecule has 0 aliphatic rings. The Bertz CT molecular complexity index is 4220. The van der Waals surface area contributed by atoms with E-state index in [2.05, 4.69) is 241 Å². The summed E-state index contributed by atoms with van der Waals surface area (Å²) in [7, 11) is 0. The predicted molar refractivity (Wildman–Crippen MR) is 301 cm³/mol. The molecule has 0 N–H and O–H groups in total. The van der Waals surface area contributed by atoms with E-state index in [-0.39, 0.29) is 0 Å². The molecule has 5 nitrogen and oxygen atoms in total. The van der Waals surface area contributed by atoms with Crippen LogP contribution in [-0.4, -0.2) is 23.7 Å². The van der Waals surface area contributed by atoms with Gasteiger partial charge in [-0.3, -0.25) is 0 Å². The Balaban J connectivity index is 0.906. The molecule has 0 spiro atoms. The molecule has 0 atom stereocenters. The lowest BCUT2D eigenvalue weighted by Crippen LogP contribution is -1.97. The van der Waals surface area contributed by atoms with Crippen molar-refractivity contribution in [3.05, 3.63) is 247 Å². The van der Waals surface area contributed by atoms with Gasteiger partial charge in [-0.15, -0.1) is 0 Å². The van der Waals surface area contributed by atoms with Gasteiger partial charge in [0.15, 0.2) is 5.82 Å². The Morgan fingerprint density at radius 3 is 1.24 bits per heavy atom. The Hall–Kier alpha value is -9.32. The van der Waals surface area contributed by atoms with Crippen LogP contribution in [0.1, 0.15) is 16.7 Å². The Morgan fingerprint density at radius 1 is 0.278 bits per heavy atom. The van der Waals surface area contributed by atoms with Crippen LogP contribution in [0.4, 0.5) is 0 Å². The van der Waals surface area contributed by atoms with Gasteiger partial charge in [0.05, 0.1) is 44.5 Å². The molecule has 340 valence electrons. The molecule has 0 radical (unpaired) electrons. The van der Waals surface area contributed by atoms with Crippen LogP contribution in [0.15, 0.2) is 231 Å². The minimum absolute atomic E-state index is 0.713. The number of benzene rings is 10. The summed E-state index contributed by atoms with van der Waals surface area (Å²) in [5, 5.41) is 7.46. The fraction of sp³-hybridized carbons (Fsp3) is 0.0448. The van der Waals surface area contributed by atoms with Crippen LogP contribution < -0.4 is 0 Å². The Kier molecular flexibility index (Phi) is 9.48. The molecule has 0 saturated heterocycles. The van der Waals surface area contributed by atoms with Crippen LogP contribution in [0.3, 0.4) is 0 Å². The van der Waals surface area contributed by atoms with Gasteiger partial charge >= 0.3 is 0 Å². The summed E-state index contributed by atoms with van der Waals surface area (Å²) in [5.41, 5.74) is 21.5. The van der Waals surface area contributed by atoms with E-state index in [1.807, 2.05) is 24.3 Å². The van der Waals surface area contributed by atoms with Crippen LogP contribution in [0.2, 0.25) is 0 Å². The van der Waals surface area contributed by atoms with Crippen molar-refractivity contribution in [3.8, 4) is 62.1 Å². The molecule has 0 saturated carbocycles. The lowest BCUT2D eigenvalue weighted by molar-refractivity contribution is 1.16. The molecule has 0 amide bonds. The highest BCUT2D eigenvalue weighted by Gasteiger charge is 2.20. The summed E-state index contributed by atoms with van der Waals surface area (Å²) >= 11 is 0. The fourth-order valence-electron chi connectivity index (χ4n) is 11.3. The van der Waals surface area contributed by atoms with Gasteiger partial charge in [-0.2, -0.15) is 0 Å². The first-order valence-corrected chi connectivity index (χ1v) is 24.7. The van der Waals surface area contributed by atoms with Crippen molar-refractivity contribution in [2.24, 2.45) is 0 Å². The first-order valence-electron chi connectivity index (χ1n) is 24.7. The van der Waals surface area contributed by atoms with Gasteiger partial charge in [0.2, 0.25) is 0 Å². The second-order valence-corrected chi connectivity index (χ2v) is 19.3. The topological polar surface area (TPSA) is 40.6 Å². The minimum Gasteiger partial charge on any atom is -0.309 e. The molecule has 0 aliphatic heterocycles. The summed E-state index contributed by atoms with van der Waals surface area (Å²) in [5.74, 6) is 0.713. The van der Waals surface area contributed by atoms with Gasteiger partial charge in [0, 0.05) is 66.1 Å². The van der Waals surface area contributed by atoms with Crippen molar-refractivity contribution >= 4 is 65.4 Å². The summed E-state index contributed by atoms with van der Waals surface area (Å²) < 4.78 is 7.30. The van der Waals surface area contributed by atoms with E-state index in [9.17, 15) is 0 Å². The third kappa shape index (κ3) is 6.69. The van der Waals surface area contributed by atoms with E-state index < -0.39 is 0 Å². The Morgan fingerprint density at radius 2 is 0.694 bits per heavy atom. The monoisotopic (exact) mass is 921 g/mol. The van der Waals surface area contributed by atoms with Crippen molar-refractivity contribution in [1.29, 1.82) is 0 Å². The molecule has 0 fully saturated rings. The van der Waals surface area contributed by atoms with Crippen molar-refractivity contribution in [2.75, 3.05) is 0 Å². The zero-order valence-corrected chi connectivity index (χ0v) is 40.2. The SMILES string of the molecule is Cc1ccc2c(c1)c1ccccc1n2-c1ccc2c(c1)c1cc(-n3c4ccccc4c4cc(C)ccc43)ccc1n2-c1ccc(-c2ccc(-c3cc(-c4ccccc4)nc(-c4ccccc4)n3)cc2C)cc1. The summed E-state index contributed by atoms with van der Waals surface area (Å²) in [4.78, 5) is 10.1. The van der Waals surface area contributed by atoms with Gasteiger partial charge in [-0.1, -0.05) is 145 Å². The largest absolute Gasteiger partial charge is 0.309 e. The molecule has 4 heterocycles. The van der Waals surface area contributed by atoms with E-state index >= 15 is 0 Å². The van der Waals surface area contributed by atoms with E-state index in [1.165, 1.54) is 76.6 Å². The molecule has 0 unspecified atom stereocenters. The summed E-state index contributed by atoms with van der Waals surface area (Å²) in [6.07, 6.45) is 0. The van der Waals surface area contributed by atoms with Gasteiger partial charge in [-0.25, -0.2) is 9.97 Å². The normalized spacial score (nSPS) is 11.8. The standard InChI is InChI=1S/C67H47N5/c1-42-22-32-63-55(36-42)53-18-10-12-20-61(53)71(63)50-29-34-65-57(39-50)58-40-51(72-62-21-13-11-19-54(62)56-37-43(2)23-33-64(56)72)30-35-66(58)70(65)49-27-24-45(25-28-49)52-31-26-48(38-44(52)3)60-41-59(46-14-6-4-7-15-46)68-67(69-60)47-16-8-5-9-17-47/h4-41H,1-3H3. The van der Waals surface area contributed by atoms with E-state index in [1.54, 1.807) is 0 Å². The number of aromatic nitrogens is 5. The third-order valence-corrected chi connectivity index (χ3v) is 14.7. The average molecular weight is 922 g/mol. The second kappa shape index (κ2) is 16.4. The van der Waals surface area contributed by atoms with Crippen LogP contribution in [-0.2, 0) is 0 Å². The van der Waals surface area contributed by atoms with Gasteiger partial charge in [0.25, 0.3) is 0 Å². The number of rotatable bonds is 7. The number of aryl methyl sites for hydroxylation is 3. The molecule has 10 aromatic carbocycles. The lowest BCUT2D eigenvalue weighted by atomic mass is 9.96. The maximum atomic E-state index is 5.12. The molecular weight excluding hydrogens is 875 g/mol. The van der Waals surface area contributed by atoms with Crippen LogP contribution in [0.25, 0.3) is 128 Å². The number of para-hydroxylation sites is 2. The maximum Gasteiger partial charge on any atom is 0.160 e. The van der Waals surface area contributed by atoms with E-state index in [4.69, 9.17) is 9.97 Å². The van der Waals surface area contributed by atoms with Gasteiger partial charge in [0.1, 0.15) is 0 Å². The highest BCUT2D eigenvalue weighted by molar-refractivity contribution is 6.14. The fourth-order valence-corrected chi connectivity index (χ4v) is 11.3. The lowest BCUT2D eigenvalue weighted by Gasteiger charge is -2.13. The van der Waals surface area contributed by atoms with Gasteiger partial charge in [-0.05, 0) is 135 Å². The highest BCUT2D eigenvalue weighted by Crippen LogP contribution is 2.41. The highest BCUT2D eigenvalue weighted by atomic mass is 15.0. The summed E-state index contributed by atoms with van der Waals surface area (Å²) in [6, 6.07) is 83.7. The zero-order chi connectivity index (χ0) is 48.0. The number of nitrogens with zero attached hydrogens (tertiary/aromatic N) is 5. The molecule has 0 aliphatic carbocycles. The van der Waals surface area contributed by atoms with Crippen molar-refractivity contribution in [1.82, 2.24) is 23.7 Å². The molecule has 5 heteroatoms. The van der Waals surface area contributed by atoms with E-state index in [0.717, 1.165) is 61.7 Å². The third-order valence-electron chi connectivity index (χ3n) is 14.7. The molecule has 14 aromatic rings. The van der Waals surface area contributed by atoms with Crippen molar-refractivity contribution in [3.63, 3.8) is 0 Å². The minimum atomic E-state index is 0.713.